The molecular formula is C13H31N3O. The fourth-order valence-corrected chi connectivity index (χ4v) is 2.04. The molecule has 104 valence electrons. The van der Waals surface area contributed by atoms with Gasteiger partial charge in [0.1, 0.15) is 5.72 Å². The van der Waals surface area contributed by atoms with Crippen LogP contribution in [0.4, 0.5) is 0 Å². The van der Waals surface area contributed by atoms with Gasteiger partial charge in [0.2, 0.25) is 0 Å². The maximum atomic E-state index is 9.96. The Balaban J connectivity index is 3.98. The highest BCUT2D eigenvalue weighted by Gasteiger charge is 2.26. The third kappa shape index (κ3) is 9.53. The van der Waals surface area contributed by atoms with E-state index in [-0.39, 0.29) is 5.92 Å². The summed E-state index contributed by atoms with van der Waals surface area (Å²) < 4.78 is 0. The van der Waals surface area contributed by atoms with Gasteiger partial charge >= 0.3 is 0 Å². The van der Waals surface area contributed by atoms with E-state index in [9.17, 15) is 5.11 Å². The van der Waals surface area contributed by atoms with Crippen LogP contribution in [0.25, 0.3) is 0 Å². The molecule has 3 N–H and O–H groups in total. The molecule has 0 aromatic rings. The number of nitrogens with two attached hydrogens (primary N) is 1. The van der Waals surface area contributed by atoms with Crippen molar-refractivity contribution >= 4 is 0 Å². The van der Waals surface area contributed by atoms with Crippen LogP contribution in [0.1, 0.15) is 32.6 Å². The van der Waals surface area contributed by atoms with E-state index in [0.717, 1.165) is 38.8 Å². The van der Waals surface area contributed by atoms with Crippen molar-refractivity contribution in [1.29, 1.82) is 0 Å². The highest BCUT2D eigenvalue weighted by molar-refractivity contribution is 4.76. The molecule has 0 fully saturated rings. The fraction of sp³-hybridized carbons (Fsp3) is 1.00. The summed E-state index contributed by atoms with van der Waals surface area (Å²) in [5.41, 5.74) is 4.80. The minimum absolute atomic E-state index is 0.197. The average molecular weight is 245 g/mol. The van der Waals surface area contributed by atoms with Gasteiger partial charge in [-0.2, -0.15) is 0 Å². The van der Waals surface area contributed by atoms with E-state index in [1.165, 1.54) is 0 Å². The van der Waals surface area contributed by atoms with Crippen LogP contribution in [0, 0.1) is 5.92 Å². The number of aliphatic hydroxyl groups is 1. The standard InChI is InChI=1S/C13H31N3O/c1-13(14,17)12(8-6-10-15(2)3)9-7-11-16(4)5/h12,17H,6-11,14H2,1-5H3. The zero-order valence-corrected chi connectivity index (χ0v) is 12.2. The van der Waals surface area contributed by atoms with E-state index in [1.807, 2.05) is 0 Å². The predicted molar refractivity (Wildman–Crippen MR) is 73.9 cm³/mol. The molecule has 0 heterocycles. The maximum absolute atomic E-state index is 9.96. The highest BCUT2D eigenvalue weighted by atomic mass is 16.3. The zero-order valence-electron chi connectivity index (χ0n) is 12.2. The number of hydrogen-bond donors (Lipinski definition) is 2. The minimum atomic E-state index is -1.04. The normalized spacial score (nSPS) is 15.9. The molecule has 1 atom stereocenters. The monoisotopic (exact) mass is 245 g/mol. The minimum Gasteiger partial charge on any atom is -0.376 e. The van der Waals surface area contributed by atoms with Crippen LogP contribution in [0.5, 0.6) is 0 Å². The molecule has 0 aliphatic carbocycles. The summed E-state index contributed by atoms with van der Waals surface area (Å²) in [5.74, 6) is 0.197. The molecule has 0 rings (SSSR count). The topological polar surface area (TPSA) is 52.7 Å². The summed E-state index contributed by atoms with van der Waals surface area (Å²) in [4.78, 5) is 4.34. The van der Waals surface area contributed by atoms with E-state index in [1.54, 1.807) is 6.92 Å². The SMILES string of the molecule is CN(C)CCCC(CCCN(C)C)C(C)(N)O. The summed E-state index contributed by atoms with van der Waals surface area (Å²) in [6.07, 6.45) is 4.17. The number of rotatable bonds is 9. The van der Waals surface area contributed by atoms with Crippen LogP contribution < -0.4 is 5.73 Å². The fourth-order valence-electron chi connectivity index (χ4n) is 2.04. The summed E-state index contributed by atoms with van der Waals surface area (Å²) in [6.45, 7) is 3.84. The Kier molecular flexibility index (Phi) is 7.96. The van der Waals surface area contributed by atoms with E-state index in [4.69, 9.17) is 5.73 Å². The van der Waals surface area contributed by atoms with Gasteiger partial charge in [-0.3, -0.25) is 0 Å². The average Bonchev–Trinajstić information content (AvgIpc) is 2.12. The third-order valence-electron chi connectivity index (χ3n) is 3.14. The smallest absolute Gasteiger partial charge is 0.113 e. The van der Waals surface area contributed by atoms with Crippen LogP contribution in [-0.2, 0) is 0 Å². The molecule has 0 bridgehead atoms. The lowest BCUT2D eigenvalue weighted by atomic mass is 9.88. The Bertz CT molecular complexity index is 174. The first-order chi connectivity index (χ1) is 7.73. The van der Waals surface area contributed by atoms with Gasteiger partial charge in [0.15, 0.2) is 0 Å². The molecule has 4 nitrogen and oxygen atoms in total. The van der Waals surface area contributed by atoms with Gasteiger partial charge in [-0.05, 0) is 73.9 Å². The Morgan fingerprint density at radius 1 is 1.00 bits per heavy atom. The Labute approximate surface area is 107 Å². The lowest BCUT2D eigenvalue weighted by Gasteiger charge is -2.30. The van der Waals surface area contributed by atoms with Gasteiger partial charge in [0, 0.05) is 5.92 Å². The second-order valence-electron chi connectivity index (χ2n) is 5.81. The van der Waals surface area contributed by atoms with E-state index >= 15 is 0 Å². The molecular weight excluding hydrogens is 214 g/mol. The van der Waals surface area contributed by atoms with Gasteiger partial charge in [-0.1, -0.05) is 0 Å². The van der Waals surface area contributed by atoms with Crippen LogP contribution in [0.3, 0.4) is 0 Å². The summed E-state index contributed by atoms with van der Waals surface area (Å²) in [6, 6.07) is 0. The predicted octanol–water partition coefficient (Wildman–Crippen LogP) is 0.953. The van der Waals surface area contributed by atoms with Gasteiger partial charge in [-0.15, -0.1) is 0 Å². The molecule has 0 amide bonds. The van der Waals surface area contributed by atoms with Gasteiger partial charge in [-0.25, -0.2) is 0 Å². The van der Waals surface area contributed by atoms with Gasteiger partial charge in [0.05, 0.1) is 0 Å². The summed E-state index contributed by atoms with van der Waals surface area (Å²) in [5, 5.41) is 9.96. The first-order valence-corrected chi connectivity index (χ1v) is 6.54. The molecule has 0 aromatic heterocycles. The lowest BCUT2D eigenvalue weighted by molar-refractivity contribution is -0.00524. The van der Waals surface area contributed by atoms with Crippen molar-refractivity contribution in [3.63, 3.8) is 0 Å². The first-order valence-electron chi connectivity index (χ1n) is 6.54. The summed E-state index contributed by atoms with van der Waals surface area (Å²) >= 11 is 0. The molecule has 0 spiro atoms. The van der Waals surface area contributed by atoms with Crippen LogP contribution in [0.2, 0.25) is 0 Å². The van der Waals surface area contributed by atoms with Crippen molar-refractivity contribution in [2.75, 3.05) is 41.3 Å². The Hall–Kier alpha value is -0.160. The molecule has 4 heteroatoms. The van der Waals surface area contributed by atoms with Gasteiger partial charge < -0.3 is 20.6 Å². The molecule has 0 aliphatic heterocycles. The van der Waals surface area contributed by atoms with E-state index in [0.29, 0.717) is 0 Å². The van der Waals surface area contributed by atoms with Crippen molar-refractivity contribution < 1.29 is 5.11 Å². The van der Waals surface area contributed by atoms with Gasteiger partial charge in [0.25, 0.3) is 0 Å². The van der Waals surface area contributed by atoms with Crippen LogP contribution in [-0.4, -0.2) is 61.9 Å². The highest BCUT2D eigenvalue weighted by Crippen LogP contribution is 2.23. The van der Waals surface area contributed by atoms with Crippen molar-refractivity contribution in [3.8, 4) is 0 Å². The van der Waals surface area contributed by atoms with Crippen molar-refractivity contribution in [1.82, 2.24) is 9.80 Å². The van der Waals surface area contributed by atoms with Crippen molar-refractivity contribution in [2.45, 2.75) is 38.3 Å². The number of nitrogens with zero attached hydrogens (tertiary/aromatic N) is 2. The Morgan fingerprint density at radius 3 is 1.59 bits per heavy atom. The van der Waals surface area contributed by atoms with Crippen LogP contribution >= 0.6 is 0 Å². The zero-order chi connectivity index (χ0) is 13.5. The van der Waals surface area contributed by atoms with E-state index < -0.39 is 5.72 Å². The first kappa shape index (κ1) is 16.8. The largest absolute Gasteiger partial charge is 0.376 e. The molecule has 0 radical (unpaired) electrons. The van der Waals surface area contributed by atoms with E-state index in [2.05, 4.69) is 38.0 Å². The number of hydrogen-bond acceptors (Lipinski definition) is 4. The second-order valence-corrected chi connectivity index (χ2v) is 5.81. The molecule has 17 heavy (non-hydrogen) atoms. The van der Waals surface area contributed by atoms with Crippen molar-refractivity contribution in [3.05, 3.63) is 0 Å². The molecule has 0 saturated carbocycles. The molecule has 1 unspecified atom stereocenters. The second kappa shape index (κ2) is 8.03. The third-order valence-corrected chi connectivity index (χ3v) is 3.14. The van der Waals surface area contributed by atoms with Crippen molar-refractivity contribution in [2.24, 2.45) is 11.7 Å². The maximum Gasteiger partial charge on any atom is 0.113 e. The Morgan fingerprint density at radius 2 is 1.35 bits per heavy atom. The molecule has 0 saturated heterocycles. The summed E-state index contributed by atoms with van der Waals surface area (Å²) in [7, 11) is 8.28. The quantitative estimate of drug-likeness (QED) is 0.594. The molecule has 0 aliphatic rings. The molecule has 0 aromatic carbocycles. The lowest BCUT2D eigenvalue weighted by Crippen LogP contribution is -2.44. The van der Waals surface area contributed by atoms with Crippen LogP contribution in [0.15, 0.2) is 0 Å².